The van der Waals surface area contributed by atoms with Gasteiger partial charge in [-0.1, -0.05) is 30.3 Å². The second-order valence-corrected chi connectivity index (χ2v) is 11.4. The molecule has 0 saturated carbocycles. The van der Waals surface area contributed by atoms with E-state index in [-0.39, 0.29) is 6.61 Å². The largest absolute Gasteiger partial charge is 0.445 e. The predicted octanol–water partition coefficient (Wildman–Crippen LogP) is 3.10. The second kappa shape index (κ2) is 8.44. The molecule has 1 aromatic rings. The number of hydrogen-bond acceptors (Lipinski definition) is 3. The van der Waals surface area contributed by atoms with Crippen molar-refractivity contribution in [3.63, 3.8) is 0 Å². The molecule has 1 atom stereocenters. The fraction of sp³-hybridized carbons (Fsp3) is 0.588. The Morgan fingerprint density at radius 3 is 2.45 bits per heavy atom. The van der Waals surface area contributed by atoms with E-state index in [0.29, 0.717) is 6.54 Å². The van der Waals surface area contributed by atoms with Gasteiger partial charge in [-0.15, -0.1) is 0 Å². The molecule has 5 heteroatoms. The summed E-state index contributed by atoms with van der Waals surface area (Å²) in [6.07, 6.45) is 8.43. The van der Waals surface area contributed by atoms with E-state index < -0.39 is 21.7 Å². The van der Waals surface area contributed by atoms with Crippen molar-refractivity contribution in [3.8, 4) is 0 Å². The smallest absolute Gasteiger partial charge is 0.407 e. The molecule has 0 saturated heterocycles. The third-order valence-corrected chi connectivity index (χ3v) is 5.07. The van der Waals surface area contributed by atoms with Crippen molar-refractivity contribution in [1.82, 2.24) is 5.32 Å². The topological polar surface area (TPSA) is 64.3 Å². The van der Waals surface area contributed by atoms with Crippen LogP contribution in [0.3, 0.4) is 0 Å². The zero-order chi connectivity index (χ0) is 16.6. The van der Waals surface area contributed by atoms with Gasteiger partial charge < -0.3 is 15.8 Å². The van der Waals surface area contributed by atoms with Crippen LogP contribution in [0.1, 0.15) is 25.3 Å². The van der Waals surface area contributed by atoms with Gasteiger partial charge in [0.15, 0.2) is 0 Å². The Morgan fingerprint density at radius 2 is 1.91 bits per heavy atom. The van der Waals surface area contributed by atoms with Gasteiger partial charge in [0.25, 0.3) is 0 Å². The molecule has 22 heavy (non-hydrogen) atoms. The molecule has 1 amide bonds. The van der Waals surface area contributed by atoms with Crippen molar-refractivity contribution in [1.29, 1.82) is 0 Å². The summed E-state index contributed by atoms with van der Waals surface area (Å²) in [4.78, 5) is 12.0. The second-order valence-electron chi connectivity index (χ2n) is 6.85. The van der Waals surface area contributed by atoms with Crippen molar-refractivity contribution in [2.24, 2.45) is 5.73 Å². The maximum atomic E-state index is 12.0. The van der Waals surface area contributed by atoms with Crippen LogP contribution in [0.5, 0.6) is 0 Å². The summed E-state index contributed by atoms with van der Waals surface area (Å²) < 4.78 is 5.27. The number of benzene rings is 1. The molecule has 0 fully saturated rings. The van der Waals surface area contributed by atoms with Gasteiger partial charge in [-0.3, -0.25) is 0 Å². The molecule has 126 valence electrons. The van der Waals surface area contributed by atoms with Gasteiger partial charge >= 0.3 is 6.09 Å². The molecule has 0 aromatic heterocycles. The summed E-state index contributed by atoms with van der Waals surface area (Å²) in [5.74, 6) is 1.18. The van der Waals surface area contributed by atoms with E-state index in [1.165, 1.54) is 5.75 Å². The lowest BCUT2D eigenvalue weighted by Gasteiger charge is -2.31. The molecule has 0 bridgehead atoms. The summed E-state index contributed by atoms with van der Waals surface area (Å²) in [6.45, 7) is 2.67. The SMILES string of the molecule is CC(CN)(CCCS(C)(C)C)NC(=O)OCc1ccccc1. The number of amides is 1. The normalized spacial score (nSPS) is 15.0. The van der Waals surface area contributed by atoms with Crippen LogP contribution < -0.4 is 11.1 Å². The molecular weight excluding hydrogens is 296 g/mol. The fourth-order valence-corrected chi connectivity index (χ4v) is 3.13. The standard InChI is InChI=1S/C17H30N2O2S/c1-17(14-18,11-8-12-22(2,3)4)19-16(20)21-13-15-9-6-5-7-10-15/h5-7,9-10H,8,11-14,18H2,1-4H3,(H,19,20). The number of alkyl carbamates (subject to hydrolysis) is 1. The minimum atomic E-state index is -0.514. The van der Waals surface area contributed by atoms with Crippen LogP contribution >= 0.6 is 10.0 Å². The van der Waals surface area contributed by atoms with Crippen LogP contribution in [0.15, 0.2) is 30.3 Å². The van der Waals surface area contributed by atoms with Crippen molar-refractivity contribution < 1.29 is 9.53 Å². The zero-order valence-electron chi connectivity index (χ0n) is 14.2. The Balaban J connectivity index is 2.41. The first kappa shape index (κ1) is 18.8. The van der Waals surface area contributed by atoms with Gasteiger partial charge in [-0.25, -0.2) is 14.8 Å². The molecular formula is C17H30N2O2S. The average molecular weight is 327 g/mol. The third-order valence-electron chi connectivity index (χ3n) is 3.55. The highest BCUT2D eigenvalue weighted by Crippen LogP contribution is 2.36. The molecule has 1 aromatic carbocycles. The Labute approximate surface area is 136 Å². The van der Waals surface area contributed by atoms with Gasteiger partial charge in [0.2, 0.25) is 0 Å². The fourth-order valence-electron chi connectivity index (χ4n) is 2.12. The monoisotopic (exact) mass is 326 g/mol. The molecule has 0 aliphatic carbocycles. The number of ether oxygens (including phenoxy) is 1. The highest BCUT2D eigenvalue weighted by Gasteiger charge is 2.25. The number of carbonyl (C=O) groups excluding carboxylic acids is 1. The Kier molecular flexibility index (Phi) is 7.23. The zero-order valence-corrected chi connectivity index (χ0v) is 15.0. The predicted molar refractivity (Wildman–Crippen MR) is 96.7 cm³/mol. The molecule has 1 rings (SSSR count). The number of nitrogens with two attached hydrogens (primary N) is 1. The maximum Gasteiger partial charge on any atom is 0.407 e. The molecule has 0 aliphatic heterocycles. The molecule has 3 N–H and O–H groups in total. The summed E-state index contributed by atoms with van der Waals surface area (Å²) in [5, 5.41) is 2.92. The summed E-state index contributed by atoms with van der Waals surface area (Å²) in [6, 6.07) is 9.65. The van der Waals surface area contributed by atoms with Crippen LogP contribution in [0, 0.1) is 0 Å². The van der Waals surface area contributed by atoms with Crippen molar-refractivity contribution >= 4 is 16.1 Å². The highest BCUT2D eigenvalue weighted by molar-refractivity contribution is 8.32. The Hall–Kier alpha value is -1.20. The quantitative estimate of drug-likeness (QED) is 0.771. The molecule has 0 radical (unpaired) electrons. The average Bonchev–Trinajstić information content (AvgIpc) is 2.45. The Bertz CT molecular complexity index is 459. The first-order valence-electron chi connectivity index (χ1n) is 7.59. The van der Waals surface area contributed by atoms with Gasteiger partial charge in [0.05, 0.1) is 5.54 Å². The van der Waals surface area contributed by atoms with Crippen LogP contribution in [-0.2, 0) is 11.3 Å². The highest BCUT2D eigenvalue weighted by atomic mass is 32.3. The lowest BCUT2D eigenvalue weighted by atomic mass is 9.97. The van der Waals surface area contributed by atoms with Gasteiger partial charge in [0.1, 0.15) is 6.61 Å². The lowest BCUT2D eigenvalue weighted by Crippen LogP contribution is -2.51. The number of carbonyl (C=O) groups is 1. The van der Waals surface area contributed by atoms with E-state index in [9.17, 15) is 4.79 Å². The summed E-state index contributed by atoms with van der Waals surface area (Å²) in [7, 11) is -0.514. The van der Waals surface area contributed by atoms with E-state index in [0.717, 1.165) is 18.4 Å². The first-order chi connectivity index (χ1) is 10.2. The van der Waals surface area contributed by atoms with Crippen molar-refractivity contribution in [3.05, 3.63) is 35.9 Å². The van der Waals surface area contributed by atoms with E-state index in [1.54, 1.807) is 0 Å². The molecule has 0 heterocycles. The summed E-state index contributed by atoms with van der Waals surface area (Å²) in [5.41, 5.74) is 6.42. The molecule has 0 spiro atoms. The number of hydrogen-bond donors (Lipinski definition) is 2. The van der Waals surface area contributed by atoms with Crippen LogP contribution in [0.25, 0.3) is 0 Å². The molecule has 4 nitrogen and oxygen atoms in total. The van der Waals surface area contributed by atoms with Gasteiger partial charge in [-0.2, -0.15) is 0 Å². The first-order valence-corrected chi connectivity index (χ1v) is 10.6. The van der Waals surface area contributed by atoms with Crippen LogP contribution in [0.4, 0.5) is 4.79 Å². The van der Waals surface area contributed by atoms with Gasteiger partial charge in [0, 0.05) is 6.54 Å². The van der Waals surface area contributed by atoms with Crippen molar-refractivity contribution in [2.75, 3.05) is 31.1 Å². The van der Waals surface area contributed by atoms with Crippen LogP contribution in [-0.4, -0.2) is 42.7 Å². The van der Waals surface area contributed by atoms with Crippen molar-refractivity contribution in [2.45, 2.75) is 31.9 Å². The Morgan fingerprint density at radius 1 is 1.27 bits per heavy atom. The van der Waals surface area contributed by atoms with E-state index in [2.05, 4.69) is 24.1 Å². The minimum absolute atomic E-state index is 0.277. The number of nitrogens with one attached hydrogen (secondary N) is 1. The molecule has 0 aliphatic rings. The van der Waals surface area contributed by atoms with E-state index in [1.807, 2.05) is 37.3 Å². The van der Waals surface area contributed by atoms with E-state index >= 15 is 0 Å². The van der Waals surface area contributed by atoms with Crippen LogP contribution in [0.2, 0.25) is 0 Å². The summed E-state index contributed by atoms with van der Waals surface area (Å²) >= 11 is 0. The molecule has 1 unspecified atom stereocenters. The third kappa shape index (κ3) is 7.71. The maximum absolute atomic E-state index is 12.0. The lowest BCUT2D eigenvalue weighted by molar-refractivity contribution is 0.127. The number of rotatable bonds is 8. The van der Waals surface area contributed by atoms with E-state index in [4.69, 9.17) is 10.5 Å². The minimum Gasteiger partial charge on any atom is -0.445 e. The van der Waals surface area contributed by atoms with Gasteiger partial charge in [-0.05, 0) is 49.8 Å².